The van der Waals surface area contributed by atoms with Crippen LogP contribution in [0.3, 0.4) is 0 Å². The predicted octanol–water partition coefficient (Wildman–Crippen LogP) is 2.88. The third-order valence-corrected chi connectivity index (χ3v) is 2.85. The molecule has 0 saturated heterocycles. The third kappa shape index (κ3) is 4.21. The van der Waals surface area contributed by atoms with Gasteiger partial charge in [0, 0.05) is 13.0 Å². The van der Waals surface area contributed by atoms with E-state index in [1.165, 1.54) is 0 Å². The van der Waals surface area contributed by atoms with Gasteiger partial charge in [-0.3, -0.25) is 4.79 Å². The number of carbonyl (C=O) groups is 1. The Morgan fingerprint density at radius 2 is 1.47 bits per heavy atom. The number of halogens is 1. The first-order chi connectivity index (χ1) is 9.25. The molecule has 0 spiro atoms. The average molecular weight is 256 g/mol. The van der Waals surface area contributed by atoms with E-state index in [1.807, 2.05) is 60.7 Å². The SMILES string of the molecule is O=C(NCc1ccccc1)[C@@H]([18F])Cc1ccccc1. The lowest BCUT2D eigenvalue weighted by Crippen LogP contribution is -2.32. The van der Waals surface area contributed by atoms with Gasteiger partial charge in [0.15, 0.2) is 6.17 Å². The van der Waals surface area contributed by atoms with Crippen molar-refractivity contribution in [3.63, 3.8) is 0 Å². The summed E-state index contributed by atoms with van der Waals surface area (Å²) in [6.45, 7) is 0.356. The first-order valence-corrected chi connectivity index (χ1v) is 6.25. The number of amides is 1. The van der Waals surface area contributed by atoms with Crippen LogP contribution in [-0.2, 0) is 17.8 Å². The molecule has 2 rings (SSSR count). The van der Waals surface area contributed by atoms with Gasteiger partial charge in [0.2, 0.25) is 0 Å². The summed E-state index contributed by atoms with van der Waals surface area (Å²) in [5.74, 6) is -0.562. The van der Waals surface area contributed by atoms with Gasteiger partial charge in [0.1, 0.15) is 0 Å². The number of benzene rings is 2. The fourth-order valence-corrected chi connectivity index (χ4v) is 1.81. The topological polar surface area (TPSA) is 29.1 Å². The minimum absolute atomic E-state index is 0.113. The molecule has 0 bridgehead atoms. The number of rotatable bonds is 5. The number of nitrogens with one attached hydrogen (secondary N) is 1. The summed E-state index contributed by atoms with van der Waals surface area (Å²) in [6.07, 6.45) is -1.40. The van der Waals surface area contributed by atoms with Crippen LogP contribution in [0.25, 0.3) is 0 Å². The molecule has 1 amide bonds. The Labute approximate surface area is 112 Å². The highest BCUT2D eigenvalue weighted by atomic mass is 18.2. The van der Waals surface area contributed by atoms with Gasteiger partial charge in [-0.1, -0.05) is 60.7 Å². The van der Waals surface area contributed by atoms with E-state index in [0.717, 1.165) is 11.1 Å². The van der Waals surface area contributed by atoms with Crippen molar-refractivity contribution in [1.82, 2.24) is 5.32 Å². The van der Waals surface area contributed by atoms with E-state index in [2.05, 4.69) is 5.32 Å². The number of alkyl halides is 1. The Hall–Kier alpha value is -2.16. The quantitative estimate of drug-likeness (QED) is 0.875. The van der Waals surface area contributed by atoms with Crippen molar-refractivity contribution >= 4 is 5.91 Å². The van der Waals surface area contributed by atoms with Gasteiger partial charge >= 0.3 is 0 Å². The second kappa shape index (κ2) is 6.69. The fourth-order valence-electron chi connectivity index (χ4n) is 1.81. The lowest BCUT2D eigenvalue weighted by molar-refractivity contribution is -0.126. The zero-order valence-corrected chi connectivity index (χ0v) is 10.6. The summed E-state index contributed by atoms with van der Waals surface area (Å²) in [6, 6.07) is 18.6. The lowest BCUT2D eigenvalue weighted by atomic mass is 10.1. The van der Waals surface area contributed by atoms with Crippen LogP contribution in [0.2, 0.25) is 0 Å². The number of hydrogen-bond acceptors (Lipinski definition) is 1. The first kappa shape index (κ1) is 13.3. The lowest BCUT2D eigenvalue weighted by Gasteiger charge is -2.09. The Morgan fingerprint density at radius 1 is 0.947 bits per heavy atom. The molecule has 19 heavy (non-hydrogen) atoms. The van der Waals surface area contributed by atoms with Gasteiger partial charge in [0.05, 0.1) is 0 Å². The second-order valence-corrected chi connectivity index (χ2v) is 4.36. The molecule has 0 aliphatic carbocycles. The molecule has 0 radical (unpaired) electrons. The van der Waals surface area contributed by atoms with E-state index >= 15 is 0 Å². The summed E-state index contributed by atoms with van der Waals surface area (Å²) < 4.78 is 13.8. The van der Waals surface area contributed by atoms with Crippen LogP contribution in [0.5, 0.6) is 0 Å². The van der Waals surface area contributed by atoms with Crippen molar-refractivity contribution in [3.05, 3.63) is 71.8 Å². The molecule has 98 valence electrons. The molecule has 0 aliphatic heterocycles. The van der Waals surface area contributed by atoms with Crippen molar-refractivity contribution in [2.24, 2.45) is 0 Å². The molecule has 0 heterocycles. The molecule has 2 aromatic rings. The Morgan fingerprint density at radius 3 is 2.05 bits per heavy atom. The molecule has 0 fully saturated rings. The number of carbonyl (C=O) groups excluding carboxylic acids is 1. The molecule has 3 heteroatoms. The van der Waals surface area contributed by atoms with E-state index in [9.17, 15) is 9.18 Å². The molecule has 2 nitrogen and oxygen atoms in total. The maximum Gasteiger partial charge on any atom is 0.255 e. The highest BCUT2D eigenvalue weighted by molar-refractivity contribution is 5.80. The second-order valence-electron chi connectivity index (χ2n) is 4.36. The van der Waals surface area contributed by atoms with Crippen molar-refractivity contribution in [1.29, 1.82) is 0 Å². The minimum atomic E-state index is -1.51. The predicted molar refractivity (Wildman–Crippen MR) is 73.3 cm³/mol. The van der Waals surface area contributed by atoms with Crippen LogP contribution in [0.4, 0.5) is 4.39 Å². The normalized spacial score (nSPS) is 11.8. The van der Waals surface area contributed by atoms with Crippen molar-refractivity contribution < 1.29 is 9.18 Å². The molecule has 2 aromatic carbocycles. The maximum absolute atomic E-state index is 13.8. The summed E-state index contributed by atoms with van der Waals surface area (Å²) in [4.78, 5) is 11.6. The molecule has 1 N–H and O–H groups in total. The Bertz CT molecular complexity index is 513. The van der Waals surface area contributed by atoms with Gasteiger partial charge in [-0.05, 0) is 11.1 Å². The zero-order chi connectivity index (χ0) is 13.5. The van der Waals surface area contributed by atoms with Crippen LogP contribution < -0.4 is 5.32 Å². The molecule has 1 atom stereocenters. The van der Waals surface area contributed by atoms with Crippen LogP contribution in [0.15, 0.2) is 60.7 Å². The van der Waals surface area contributed by atoms with Crippen LogP contribution in [0, 0.1) is 0 Å². The van der Waals surface area contributed by atoms with Gasteiger partial charge in [0.25, 0.3) is 5.91 Å². The van der Waals surface area contributed by atoms with E-state index in [1.54, 1.807) is 0 Å². The third-order valence-electron chi connectivity index (χ3n) is 2.85. The van der Waals surface area contributed by atoms with Crippen molar-refractivity contribution in [3.8, 4) is 0 Å². The molecule has 0 saturated carbocycles. The molecule has 0 unspecified atom stereocenters. The van der Waals surface area contributed by atoms with Gasteiger partial charge in [-0.25, -0.2) is 4.39 Å². The van der Waals surface area contributed by atoms with Gasteiger partial charge in [-0.15, -0.1) is 0 Å². The van der Waals surface area contributed by atoms with E-state index in [0.29, 0.717) is 6.54 Å². The van der Waals surface area contributed by atoms with Crippen molar-refractivity contribution in [2.75, 3.05) is 0 Å². The summed E-state index contributed by atoms with van der Waals surface area (Å²) in [5, 5.41) is 2.61. The van der Waals surface area contributed by atoms with E-state index in [4.69, 9.17) is 0 Å². The van der Waals surface area contributed by atoms with E-state index < -0.39 is 12.1 Å². The molecule has 0 aromatic heterocycles. The fraction of sp³-hybridized carbons (Fsp3) is 0.188. The van der Waals surface area contributed by atoms with Crippen LogP contribution in [0.1, 0.15) is 11.1 Å². The van der Waals surface area contributed by atoms with Crippen LogP contribution in [-0.4, -0.2) is 12.1 Å². The Balaban J connectivity index is 1.83. The maximum atomic E-state index is 13.8. The largest absolute Gasteiger partial charge is 0.349 e. The highest BCUT2D eigenvalue weighted by Crippen LogP contribution is 2.06. The average Bonchev–Trinajstić information content (AvgIpc) is 2.47. The summed E-state index contributed by atoms with van der Waals surface area (Å²) in [7, 11) is 0. The number of hydrogen-bond donors (Lipinski definition) is 1. The smallest absolute Gasteiger partial charge is 0.255 e. The Kier molecular flexibility index (Phi) is 4.67. The monoisotopic (exact) mass is 256 g/mol. The molecular weight excluding hydrogens is 240 g/mol. The standard InChI is InChI=1S/C16H16FNO/c17-15(11-13-7-3-1-4-8-13)16(19)18-12-14-9-5-2-6-10-14/h1-10,15H,11-12H2,(H,18,19)/t15-/m0/s1/i17-1. The minimum Gasteiger partial charge on any atom is -0.349 e. The van der Waals surface area contributed by atoms with Gasteiger partial charge < -0.3 is 5.32 Å². The highest BCUT2D eigenvalue weighted by Gasteiger charge is 2.17. The first-order valence-electron chi connectivity index (χ1n) is 6.25. The molecule has 0 aliphatic rings. The zero-order valence-electron chi connectivity index (χ0n) is 10.6. The van der Waals surface area contributed by atoms with Crippen molar-refractivity contribution in [2.45, 2.75) is 19.1 Å². The van der Waals surface area contributed by atoms with E-state index in [-0.39, 0.29) is 6.42 Å². The summed E-state index contributed by atoms with van der Waals surface area (Å²) in [5.41, 5.74) is 1.78. The molecular formula is C16H16FNO. The van der Waals surface area contributed by atoms with Gasteiger partial charge in [-0.2, -0.15) is 0 Å². The summed E-state index contributed by atoms with van der Waals surface area (Å²) >= 11 is 0. The van der Waals surface area contributed by atoms with Crippen LogP contribution >= 0.6 is 0 Å².